The molecule has 5 heteroatoms. The van der Waals surface area contributed by atoms with Crippen molar-refractivity contribution < 1.29 is 14.3 Å². The van der Waals surface area contributed by atoms with Crippen LogP contribution in [0.2, 0.25) is 0 Å². The Morgan fingerprint density at radius 1 is 1.20 bits per heavy atom. The molecule has 0 radical (unpaired) electrons. The first kappa shape index (κ1) is 16.9. The lowest BCUT2D eigenvalue weighted by atomic mass is 9.82. The van der Waals surface area contributed by atoms with E-state index in [4.69, 9.17) is 9.47 Å². The van der Waals surface area contributed by atoms with Gasteiger partial charge in [-0.2, -0.15) is 0 Å². The molecule has 0 aliphatic carbocycles. The summed E-state index contributed by atoms with van der Waals surface area (Å²) in [5.41, 5.74) is 2.29. The summed E-state index contributed by atoms with van der Waals surface area (Å²) < 4.78 is 11.6. The van der Waals surface area contributed by atoms with Crippen LogP contribution in [0.1, 0.15) is 37.3 Å². The average Bonchev–Trinajstić information content (AvgIpc) is 3.33. The van der Waals surface area contributed by atoms with Gasteiger partial charge < -0.3 is 19.7 Å². The molecule has 3 fully saturated rings. The third-order valence-corrected chi connectivity index (χ3v) is 5.89. The van der Waals surface area contributed by atoms with Gasteiger partial charge in [0.2, 0.25) is 0 Å². The third kappa shape index (κ3) is 3.40. The number of nitrogens with one attached hydrogen (secondary N) is 1. The Morgan fingerprint density at radius 2 is 1.88 bits per heavy atom. The van der Waals surface area contributed by atoms with E-state index < -0.39 is 0 Å². The van der Waals surface area contributed by atoms with Crippen molar-refractivity contribution in [1.82, 2.24) is 10.2 Å². The molecule has 1 N–H and O–H groups in total. The monoisotopic (exact) mass is 344 g/mol. The van der Waals surface area contributed by atoms with Gasteiger partial charge >= 0.3 is 6.03 Å². The van der Waals surface area contributed by atoms with Crippen LogP contribution < -0.4 is 5.32 Å². The van der Waals surface area contributed by atoms with E-state index in [1.807, 2.05) is 17.0 Å². The van der Waals surface area contributed by atoms with E-state index in [2.05, 4.69) is 24.4 Å². The quantitative estimate of drug-likeness (QED) is 0.807. The first-order valence-electron chi connectivity index (χ1n) is 9.59. The number of rotatable bonds is 6. The number of amides is 2. The van der Waals surface area contributed by atoms with Gasteiger partial charge in [0.25, 0.3) is 0 Å². The minimum atomic E-state index is 0.0538. The van der Waals surface area contributed by atoms with Gasteiger partial charge in [-0.1, -0.05) is 31.2 Å². The molecule has 0 saturated carbocycles. The largest absolute Gasteiger partial charge is 0.377 e. The predicted molar refractivity (Wildman–Crippen MR) is 95.1 cm³/mol. The van der Waals surface area contributed by atoms with E-state index in [1.54, 1.807) is 0 Å². The molecule has 2 bridgehead atoms. The van der Waals surface area contributed by atoms with Crippen LogP contribution in [-0.4, -0.2) is 42.8 Å². The van der Waals surface area contributed by atoms with Crippen LogP contribution in [0.4, 0.5) is 4.79 Å². The van der Waals surface area contributed by atoms with Gasteiger partial charge in [0, 0.05) is 38.1 Å². The van der Waals surface area contributed by atoms with Crippen LogP contribution >= 0.6 is 0 Å². The van der Waals surface area contributed by atoms with Gasteiger partial charge in [0.05, 0.1) is 18.8 Å². The van der Waals surface area contributed by atoms with Crippen molar-refractivity contribution >= 4 is 6.03 Å². The standard InChI is InChI=1S/C20H28N2O3/c1-2-9-24-13-15-6-4-3-5-14(15)10-21-20(23)22-11-16-17(12-22)19-8-7-18(16)25-19/h3-6,16-19H,2,7-13H2,1H3,(H,21,23)/t16-,17+,18-,19-/m1/s1. The number of benzene rings is 1. The molecular formula is C20H28N2O3. The Bertz CT molecular complexity index is 603. The molecule has 2 amide bonds. The molecule has 3 saturated heterocycles. The highest BCUT2D eigenvalue weighted by Gasteiger charge is 2.53. The highest BCUT2D eigenvalue weighted by Crippen LogP contribution is 2.47. The van der Waals surface area contributed by atoms with Gasteiger partial charge in [-0.3, -0.25) is 0 Å². The zero-order valence-corrected chi connectivity index (χ0v) is 14.9. The molecule has 4 atom stereocenters. The van der Waals surface area contributed by atoms with E-state index in [-0.39, 0.29) is 6.03 Å². The Labute approximate surface area is 149 Å². The zero-order chi connectivity index (χ0) is 17.2. The highest BCUT2D eigenvalue weighted by atomic mass is 16.5. The molecule has 3 aliphatic rings. The molecule has 0 unspecified atom stereocenters. The predicted octanol–water partition coefficient (Wildman–Crippen LogP) is 2.93. The van der Waals surface area contributed by atoms with Crippen molar-refractivity contribution in [3.8, 4) is 0 Å². The van der Waals surface area contributed by atoms with Gasteiger partial charge in [-0.05, 0) is 30.4 Å². The normalized spacial score (nSPS) is 29.9. The minimum Gasteiger partial charge on any atom is -0.377 e. The van der Waals surface area contributed by atoms with E-state index >= 15 is 0 Å². The lowest BCUT2D eigenvalue weighted by Gasteiger charge is -2.20. The number of carbonyl (C=O) groups excluding carboxylic acids is 1. The topological polar surface area (TPSA) is 50.8 Å². The molecule has 0 aromatic heterocycles. The van der Waals surface area contributed by atoms with Crippen LogP contribution in [0.15, 0.2) is 24.3 Å². The van der Waals surface area contributed by atoms with Gasteiger partial charge in [-0.25, -0.2) is 4.79 Å². The molecule has 3 aliphatic heterocycles. The van der Waals surface area contributed by atoms with Gasteiger partial charge in [0.15, 0.2) is 0 Å². The van der Waals surface area contributed by atoms with E-state index in [9.17, 15) is 4.79 Å². The van der Waals surface area contributed by atoms with Gasteiger partial charge in [-0.15, -0.1) is 0 Å². The van der Waals surface area contributed by atoms with Crippen molar-refractivity contribution in [2.24, 2.45) is 11.8 Å². The van der Waals surface area contributed by atoms with E-state index in [1.165, 1.54) is 12.8 Å². The number of carbonyl (C=O) groups is 1. The lowest BCUT2D eigenvalue weighted by molar-refractivity contribution is 0.0739. The molecular weight excluding hydrogens is 316 g/mol. The maximum absolute atomic E-state index is 12.6. The fourth-order valence-corrected chi connectivity index (χ4v) is 4.61. The minimum absolute atomic E-state index is 0.0538. The Balaban J connectivity index is 1.31. The number of likely N-dealkylation sites (tertiary alicyclic amines) is 1. The van der Waals surface area contributed by atoms with Crippen molar-refractivity contribution in [1.29, 1.82) is 0 Å². The summed E-state index contributed by atoms with van der Waals surface area (Å²) >= 11 is 0. The lowest BCUT2D eigenvalue weighted by Crippen LogP contribution is -2.39. The first-order chi connectivity index (χ1) is 12.3. The number of hydrogen-bond donors (Lipinski definition) is 1. The third-order valence-electron chi connectivity index (χ3n) is 5.89. The summed E-state index contributed by atoms with van der Waals surface area (Å²) in [7, 11) is 0. The SMILES string of the molecule is CCCOCc1ccccc1CNC(=O)N1C[C@@H]2[C@H](C1)[C@H]1CC[C@H]2O1. The van der Waals surface area contributed by atoms with E-state index in [0.717, 1.165) is 37.2 Å². The number of nitrogens with zero attached hydrogens (tertiary/aromatic N) is 1. The Hall–Kier alpha value is -1.59. The average molecular weight is 344 g/mol. The van der Waals surface area contributed by atoms with Gasteiger partial charge in [0.1, 0.15) is 0 Å². The zero-order valence-electron chi connectivity index (χ0n) is 14.9. The number of urea groups is 1. The number of fused-ring (bicyclic) bond motifs is 5. The summed E-state index contributed by atoms with van der Waals surface area (Å²) in [5.74, 6) is 1.11. The Kier molecular flexibility index (Phi) is 4.95. The first-order valence-corrected chi connectivity index (χ1v) is 9.59. The molecule has 5 nitrogen and oxygen atoms in total. The number of ether oxygens (including phenoxy) is 2. The maximum Gasteiger partial charge on any atom is 0.317 e. The van der Waals surface area contributed by atoms with Crippen molar-refractivity contribution in [3.63, 3.8) is 0 Å². The van der Waals surface area contributed by atoms with Crippen molar-refractivity contribution in [2.45, 2.75) is 51.5 Å². The molecule has 1 aromatic carbocycles. The second kappa shape index (κ2) is 7.34. The smallest absolute Gasteiger partial charge is 0.317 e. The molecule has 4 rings (SSSR count). The molecule has 1 aromatic rings. The highest BCUT2D eigenvalue weighted by molar-refractivity contribution is 5.74. The van der Waals surface area contributed by atoms with E-state index in [0.29, 0.717) is 37.2 Å². The van der Waals surface area contributed by atoms with Crippen molar-refractivity contribution in [2.75, 3.05) is 19.7 Å². The summed E-state index contributed by atoms with van der Waals surface area (Å²) in [6.07, 6.45) is 4.15. The summed E-state index contributed by atoms with van der Waals surface area (Å²) in [5, 5.41) is 3.10. The molecule has 3 heterocycles. The van der Waals surface area contributed by atoms with Crippen LogP contribution in [-0.2, 0) is 22.6 Å². The molecule has 25 heavy (non-hydrogen) atoms. The fraction of sp³-hybridized carbons (Fsp3) is 0.650. The van der Waals surface area contributed by atoms with Crippen LogP contribution in [0.3, 0.4) is 0 Å². The Morgan fingerprint density at radius 3 is 2.56 bits per heavy atom. The second-order valence-corrected chi connectivity index (χ2v) is 7.50. The summed E-state index contributed by atoms with van der Waals surface area (Å²) in [4.78, 5) is 14.6. The second-order valence-electron chi connectivity index (χ2n) is 7.50. The molecule has 136 valence electrons. The van der Waals surface area contributed by atoms with Crippen LogP contribution in [0.5, 0.6) is 0 Å². The molecule has 0 spiro atoms. The van der Waals surface area contributed by atoms with Crippen molar-refractivity contribution in [3.05, 3.63) is 35.4 Å². The number of hydrogen-bond acceptors (Lipinski definition) is 3. The van der Waals surface area contributed by atoms with Crippen LogP contribution in [0, 0.1) is 11.8 Å². The maximum atomic E-state index is 12.6. The van der Waals surface area contributed by atoms with Crippen LogP contribution in [0.25, 0.3) is 0 Å². The summed E-state index contributed by atoms with van der Waals surface area (Å²) in [6, 6.07) is 8.23. The summed E-state index contributed by atoms with van der Waals surface area (Å²) in [6.45, 7) is 5.72. The fourth-order valence-electron chi connectivity index (χ4n) is 4.61.